The molecule has 4 heteroatoms. The van der Waals surface area contributed by atoms with E-state index in [1.165, 1.54) is 0 Å². The van der Waals surface area contributed by atoms with Gasteiger partial charge in [0.15, 0.2) is 0 Å². The van der Waals surface area contributed by atoms with Gasteiger partial charge < -0.3 is 5.32 Å². The van der Waals surface area contributed by atoms with E-state index in [1.807, 2.05) is 31.2 Å². The smallest absolute Gasteiger partial charge is 0.238 e. The van der Waals surface area contributed by atoms with E-state index in [9.17, 15) is 4.79 Å². The van der Waals surface area contributed by atoms with Gasteiger partial charge in [-0.25, -0.2) is 0 Å². The molecular formula is C13H17N3O. The number of anilines is 1. The van der Waals surface area contributed by atoms with Gasteiger partial charge in [-0.3, -0.25) is 9.69 Å². The molecule has 1 aromatic carbocycles. The van der Waals surface area contributed by atoms with Crippen molar-refractivity contribution in [3.05, 3.63) is 29.8 Å². The zero-order chi connectivity index (χ0) is 12.8. The Balaban J connectivity index is 2.57. The van der Waals surface area contributed by atoms with Crippen LogP contribution in [0.4, 0.5) is 5.69 Å². The van der Waals surface area contributed by atoms with Gasteiger partial charge in [0.1, 0.15) is 0 Å². The van der Waals surface area contributed by atoms with E-state index < -0.39 is 0 Å². The van der Waals surface area contributed by atoms with Crippen LogP contribution in [0.15, 0.2) is 24.3 Å². The largest absolute Gasteiger partial charge is 0.325 e. The lowest BCUT2D eigenvalue weighted by Crippen LogP contribution is -2.35. The third-order valence-corrected chi connectivity index (χ3v) is 2.66. The van der Waals surface area contributed by atoms with Gasteiger partial charge in [-0.2, -0.15) is 5.26 Å². The van der Waals surface area contributed by atoms with Crippen LogP contribution >= 0.6 is 0 Å². The number of nitriles is 1. The van der Waals surface area contributed by atoms with E-state index in [0.29, 0.717) is 0 Å². The van der Waals surface area contributed by atoms with Crippen LogP contribution in [0.2, 0.25) is 0 Å². The third kappa shape index (κ3) is 3.89. The summed E-state index contributed by atoms with van der Waals surface area (Å²) in [6, 6.07) is 9.43. The minimum absolute atomic E-state index is 0.107. The van der Waals surface area contributed by atoms with Crippen LogP contribution in [0, 0.1) is 18.3 Å². The number of hydrogen-bond donors (Lipinski definition) is 1. The SMILES string of the molecule is Cc1ccccc1NC(=O)CN(C)C(C)C#N. The number of aryl methyl sites for hydroxylation is 1. The molecule has 1 atom stereocenters. The fourth-order valence-electron chi connectivity index (χ4n) is 1.36. The minimum Gasteiger partial charge on any atom is -0.325 e. The normalized spacial score (nSPS) is 11.9. The number of para-hydroxylation sites is 1. The van der Waals surface area contributed by atoms with Crippen LogP contribution in [0.25, 0.3) is 0 Å². The van der Waals surface area contributed by atoms with Crippen LogP contribution in [-0.2, 0) is 4.79 Å². The second kappa shape index (κ2) is 6.02. The van der Waals surface area contributed by atoms with Gasteiger partial charge in [0.05, 0.1) is 18.7 Å². The number of carbonyl (C=O) groups is 1. The molecule has 1 N–H and O–H groups in total. The zero-order valence-corrected chi connectivity index (χ0v) is 10.4. The standard InChI is InChI=1S/C13H17N3O/c1-10-6-4-5-7-12(10)15-13(17)9-16(3)11(2)8-14/h4-7,11H,9H2,1-3H3,(H,15,17). The van der Waals surface area contributed by atoms with E-state index in [2.05, 4.69) is 11.4 Å². The van der Waals surface area contributed by atoms with Gasteiger partial charge in [0, 0.05) is 5.69 Å². The molecule has 0 radical (unpaired) electrons. The van der Waals surface area contributed by atoms with Crippen LogP contribution < -0.4 is 5.32 Å². The Bertz CT molecular complexity index is 437. The first-order valence-corrected chi connectivity index (χ1v) is 5.50. The predicted octanol–water partition coefficient (Wildman–Crippen LogP) is 1.78. The van der Waals surface area contributed by atoms with Crippen molar-refractivity contribution in [2.24, 2.45) is 0 Å². The number of rotatable bonds is 4. The Labute approximate surface area is 102 Å². The Morgan fingerprint density at radius 1 is 1.53 bits per heavy atom. The monoisotopic (exact) mass is 231 g/mol. The molecule has 0 aliphatic heterocycles. The molecule has 1 aromatic rings. The average Bonchev–Trinajstić information content (AvgIpc) is 2.31. The van der Waals surface area contributed by atoms with Crippen molar-refractivity contribution < 1.29 is 4.79 Å². The fourth-order valence-corrected chi connectivity index (χ4v) is 1.36. The molecule has 0 spiro atoms. The van der Waals surface area contributed by atoms with Crippen LogP contribution in [-0.4, -0.2) is 30.4 Å². The molecule has 90 valence electrons. The summed E-state index contributed by atoms with van der Waals surface area (Å²) >= 11 is 0. The van der Waals surface area contributed by atoms with Crippen molar-refractivity contribution >= 4 is 11.6 Å². The summed E-state index contributed by atoms with van der Waals surface area (Å²) in [6.07, 6.45) is 0. The van der Waals surface area contributed by atoms with Gasteiger partial charge in [-0.1, -0.05) is 18.2 Å². The Morgan fingerprint density at radius 3 is 2.76 bits per heavy atom. The van der Waals surface area contributed by atoms with E-state index in [-0.39, 0.29) is 18.5 Å². The van der Waals surface area contributed by atoms with Gasteiger partial charge in [0.25, 0.3) is 0 Å². The Morgan fingerprint density at radius 2 is 2.18 bits per heavy atom. The lowest BCUT2D eigenvalue weighted by molar-refractivity contribution is -0.117. The summed E-state index contributed by atoms with van der Waals surface area (Å²) in [5.74, 6) is -0.107. The number of likely N-dealkylation sites (N-methyl/N-ethyl adjacent to an activating group) is 1. The highest BCUT2D eigenvalue weighted by molar-refractivity contribution is 5.92. The molecule has 0 saturated heterocycles. The molecular weight excluding hydrogens is 214 g/mol. The van der Waals surface area contributed by atoms with Crippen LogP contribution in [0.3, 0.4) is 0 Å². The van der Waals surface area contributed by atoms with Gasteiger partial charge in [-0.15, -0.1) is 0 Å². The van der Waals surface area contributed by atoms with Crippen molar-refractivity contribution in [3.63, 3.8) is 0 Å². The van der Waals surface area contributed by atoms with Crippen LogP contribution in [0.5, 0.6) is 0 Å². The molecule has 1 amide bonds. The summed E-state index contributed by atoms with van der Waals surface area (Å²) in [4.78, 5) is 13.4. The van der Waals surface area contributed by atoms with E-state index >= 15 is 0 Å². The molecule has 0 aromatic heterocycles. The molecule has 0 bridgehead atoms. The Hall–Kier alpha value is -1.86. The van der Waals surface area contributed by atoms with E-state index in [4.69, 9.17) is 5.26 Å². The quantitative estimate of drug-likeness (QED) is 0.859. The highest BCUT2D eigenvalue weighted by Gasteiger charge is 2.12. The van der Waals surface area contributed by atoms with Crippen molar-refractivity contribution in [2.45, 2.75) is 19.9 Å². The average molecular weight is 231 g/mol. The third-order valence-electron chi connectivity index (χ3n) is 2.66. The van der Waals surface area contributed by atoms with Crippen molar-refractivity contribution in [3.8, 4) is 6.07 Å². The minimum atomic E-state index is -0.266. The highest BCUT2D eigenvalue weighted by Crippen LogP contribution is 2.12. The first kappa shape index (κ1) is 13.2. The maximum atomic E-state index is 11.7. The highest BCUT2D eigenvalue weighted by atomic mass is 16.2. The summed E-state index contributed by atoms with van der Waals surface area (Å²) < 4.78 is 0. The number of hydrogen-bond acceptors (Lipinski definition) is 3. The summed E-state index contributed by atoms with van der Waals surface area (Å²) in [7, 11) is 1.76. The lowest BCUT2D eigenvalue weighted by Gasteiger charge is -2.18. The molecule has 0 aliphatic carbocycles. The van der Waals surface area contributed by atoms with Gasteiger partial charge in [0.2, 0.25) is 5.91 Å². The second-order valence-corrected chi connectivity index (χ2v) is 4.08. The van der Waals surface area contributed by atoms with Crippen molar-refractivity contribution in [1.29, 1.82) is 5.26 Å². The molecule has 0 aliphatic rings. The van der Waals surface area contributed by atoms with E-state index in [0.717, 1.165) is 11.3 Å². The fraction of sp³-hybridized carbons (Fsp3) is 0.385. The molecule has 4 nitrogen and oxygen atoms in total. The molecule has 1 unspecified atom stereocenters. The lowest BCUT2D eigenvalue weighted by atomic mass is 10.2. The van der Waals surface area contributed by atoms with Gasteiger partial charge in [-0.05, 0) is 32.5 Å². The number of nitrogens with zero attached hydrogens (tertiary/aromatic N) is 2. The topological polar surface area (TPSA) is 56.1 Å². The summed E-state index contributed by atoms with van der Waals surface area (Å²) in [5, 5.41) is 11.6. The van der Waals surface area contributed by atoms with Gasteiger partial charge >= 0.3 is 0 Å². The molecule has 0 heterocycles. The maximum absolute atomic E-state index is 11.7. The number of benzene rings is 1. The van der Waals surface area contributed by atoms with Crippen molar-refractivity contribution in [2.75, 3.05) is 18.9 Å². The van der Waals surface area contributed by atoms with E-state index in [1.54, 1.807) is 18.9 Å². The number of carbonyl (C=O) groups excluding carboxylic acids is 1. The maximum Gasteiger partial charge on any atom is 0.238 e. The number of nitrogens with one attached hydrogen (secondary N) is 1. The summed E-state index contributed by atoms with van der Waals surface area (Å²) in [5.41, 5.74) is 1.84. The second-order valence-electron chi connectivity index (χ2n) is 4.08. The van der Waals surface area contributed by atoms with Crippen LogP contribution in [0.1, 0.15) is 12.5 Å². The number of amides is 1. The first-order chi connectivity index (χ1) is 8.04. The van der Waals surface area contributed by atoms with Crippen molar-refractivity contribution in [1.82, 2.24) is 4.90 Å². The molecule has 17 heavy (non-hydrogen) atoms. The predicted molar refractivity (Wildman–Crippen MR) is 67.5 cm³/mol. The zero-order valence-electron chi connectivity index (χ0n) is 10.4. The molecule has 0 saturated carbocycles. The Kier molecular flexibility index (Phi) is 4.68. The molecule has 1 rings (SSSR count). The molecule has 0 fully saturated rings. The summed E-state index contributed by atoms with van der Waals surface area (Å²) in [6.45, 7) is 3.92. The first-order valence-electron chi connectivity index (χ1n) is 5.50.